The molecule has 0 saturated carbocycles. The van der Waals surface area contributed by atoms with E-state index >= 15 is 0 Å². The van der Waals surface area contributed by atoms with Crippen molar-refractivity contribution >= 4 is 18.7 Å². The van der Waals surface area contributed by atoms with Crippen LogP contribution in [0.5, 0.6) is 0 Å². The average molecular weight is 369 g/mol. The number of benzene rings is 2. The minimum absolute atomic E-state index is 0.0263. The largest absolute Gasteiger partial charge is 0.402 e. The van der Waals surface area contributed by atoms with Gasteiger partial charge in [0, 0.05) is 0 Å². The van der Waals surface area contributed by atoms with Crippen LogP contribution in [0.2, 0.25) is 5.04 Å². The maximum atomic E-state index is 10.0. The van der Waals surface area contributed by atoms with Gasteiger partial charge >= 0.3 is 0 Å². The van der Waals surface area contributed by atoms with Crippen molar-refractivity contribution in [1.82, 2.24) is 0 Å². The minimum Gasteiger partial charge on any atom is -0.402 e. The SMILES string of the molecule is CC/C=C\C[C@@H](CO)O[Si](c1ccccc1)(c1ccccc1)C(C)(C)C. The topological polar surface area (TPSA) is 29.5 Å². The maximum absolute atomic E-state index is 10.0. The summed E-state index contributed by atoms with van der Waals surface area (Å²) in [5.41, 5.74) is 0. The first kappa shape index (κ1) is 20.6. The summed E-state index contributed by atoms with van der Waals surface area (Å²) in [4.78, 5) is 0. The van der Waals surface area contributed by atoms with Crippen LogP contribution in [0.4, 0.5) is 0 Å². The Balaban J connectivity index is 2.58. The van der Waals surface area contributed by atoms with E-state index in [1.807, 2.05) is 12.1 Å². The molecule has 0 spiro atoms. The monoisotopic (exact) mass is 368 g/mol. The third-order valence-electron chi connectivity index (χ3n) is 4.77. The van der Waals surface area contributed by atoms with Gasteiger partial charge in [-0.25, -0.2) is 0 Å². The zero-order valence-electron chi connectivity index (χ0n) is 16.5. The standard InChI is InChI=1S/C23H32O2Si/c1-5-6-9-14-20(19-24)25-26(23(2,3)4,21-15-10-7-11-16-21)22-17-12-8-13-18-22/h6-13,15-18,20,24H,5,14,19H2,1-4H3/b9-6-/t20-/m0/s1. The molecule has 3 heteroatoms. The second kappa shape index (κ2) is 9.31. The molecule has 0 saturated heterocycles. The second-order valence-electron chi connectivity index (χ2n) is 7.70. The van der Waals surface area contributed by atoms with Crippen LogP contribution < -0.4 is 10.4 Å². The fourth-order valence-electron chi connectivity index (χ4n) is 3.52. The third kappa shape index (κ3) is 4.53. The van der Waals surface area contributed by atoms with Crippen molar-refractivity contribution in [3.63, 3.8) is 0 Å². The highest BCUT2D eigenvalue weighted by Crippen LogP contribution is 2.37. The summed E-state index contributed by atoms with van der Waals surface area (Å²) < 4.78 is 6.91. The lowest BCUT2D eigenvalue weighted by atomic mass is 10.2. The molecule has 140 valence electrons. The van der Waals surface area contributed by atoms with Crippen LogP contribution in [0.25, 0.3) is 0 Å². The molecule has 0 aliphatic carbocycles. The van der Waals surface area contributed by atoms with Gasteiger partial charge in [0.25, 0.3) is 8.32 Å². The molecule has 1 N–H and O–H groups in total. The van der Waals surface area contributed by atoms with E-state index in [0.717, 1.165) is 12.8 Å². The Bertz CT molecular complexity index is 635. The highest BCUT2D eigenvalue weighted by molar-refractivity contribution is 6.99. The first-order valence-corrected chi connectivity index (χ1v) is 11.4. The molecule has 26 heavy (non-hydrogen) atoms. The number of aliphatic hydroxyl groups is 1. The molecule has 2 aromatic carbocycles. The smallest absolute Gasteiger partial charge is 0.261 e. The Morgan fingerprint density at radius 2 is 1.42 bits per heavy atom. The lowest BCUT2D eigenvalue weighted by Crippen LogP contribution is -2.68. The first-order valence-electron chi connectivity index (χ1n) is 9.50. The van der Waals surface area contributed by atoms with Crippen LogP contribution in [-0.4, -0.2) is 26.1 Å². The van der Waals surface area contributed by atoms with Crippen molar-refractivity contribution in [2.75, 3.05) is 6.61 Å². The summed E-state index contributed by atoms with van der Waals surface area (Å²) in [6, 6.07) is 21.1. The van der Waals surface area contributed by atoms with Gasteiger partial charge in [-0.2, -0.15) is 0 Å². The van der Waals surface area contributed by atoms with E-state index in [2.05, 4.69) is 88.4 Å². The van der Waals surface area contributed by atoms with Gasteiger partial charge in [-0.15, -0.1) is 0 Å². The first-order chi connectivity index (χ1) is 12.5. The molecule has 0 aliphatic rings. The van der Waals surface area contributed by atoms with Crippen molar-refractivity contribution in [3.05, 3.63) is 72.8 Å². The number of hydrogen-bond donors (Lipinski definition) is 1. The third-order valence-corrected chi connectivity index (χ3v) is 9.86. The van der Waals surface area contributed by atoms with Gasteiger partial charge in [-0.3, -0.25) is 0 Å². The number of aliphatic hydroxyl groups excluding tert-OH is 1. The zero-order chi connectivity index (χ0) is 19.0. The van der Waals surface area contributed by atoms with Crippen LogP contribution in [0, 0.1) is 0 Å². The Morgan fingerprint density at radius 3 is 1.81 bits per heavy atom. The molecule has 2 nitrogen and oxygen atoms in total. The van der Waals surface area contributed by atoms with Gasteiger partial charge in [-0.05, 0) is 28.3 Å². The molecule has 0 amide bonds. The summed E-state index contributed by atoms with van der Waals surface area (Å²) in [5.74, 6) is 0. The Morgan fingerprint density at radius 1 is 0.923 bits per heavy atom. The number of hydrogen-bond acceptors (Lipinski definition) is 2. The highest BCUT2D eigenvalue weighted by Gasteiger charge is 2.51. The van der Waals surface area contributed by atoms with Crippen molar-refractivity contribution in [3.8, 4) is 0 Å². The number of allylic oxidation sites excluding steroid dienone is 1. The molecule has 0 aromatic heterocycles. The molecule has 0 bridgehead atoms. The molecule has 2 rings (SSSR count). The predicted octanol–water partition coefficient (Wildman–Crippen LogP) is 4.28. The molecule has 0 radical (unpaired) electrons. The summed E-state index contributed by atoms with van der Waals surface area (Å²) in [7, 11) is -2.59. The zero-order valence-corrected chi connectivity index (χ0v) is 17.5. The predicted molar refractivity (Wildman–Crippen MR) is 114 cm³/mol. The molecule has 1 atom stereocenters. The van der Waals surface area contributed by atoms with E-state index in [1.54, 1.807) is 0 Å². The highest BCUT2D eigenvalue weighted by atomic mass is 28.4. The Hall–Kier alpha value is -1.68. The van der Waals surface area contributed by atoms with Crippen LogP contribution in [0.1, 0.15) is 40.5 Å². The van der Waals surface area contributed by atoms with Gasteiger partial charge in [-0.1, -0.05) is 101 Å². The van der Waals surface area contributed by atoms with Crippen LogP contribution >= 0.6 is 0 Å². The van der Waals surface area contributed by atoms with E-state index < -0.39 is 8.32 Å². The van der Waals surface area contributed by atoms with E-state index in [0.29, 0.717) is 0 Å². The van der Waals surface area contributed by atoms with E-state index in [-0.39, 0.29) is 17.7 Å². The molecule has 0 aliphatic heterocycles. The van der Waals surface area contributed by atoms with Crippen molar-refractivity contribution in [2.45, 2.75) is 51.7 Å². The lowest BCUT2D eigenvalue weighted by molar-refractivity contribution is 0.109. The van der Waals surface area contributed by atoms with Crippen molar-refractivity contribution < 1.29 is 9.53 Å². The summed E-state index contributed by atoms with van der Waals surface area (Å²) in [6.07, 6.45) is 5.78. The van der Waals surface area contributed by atoms with E-state index in [9.17, 15) is 5.11 Å². The number of rotatable bonds is 8. The van der Waals surface area contributed by atoms with Crippen LogP contribution in [-0.2, 0) is 4.43 Å². The molecule has 0 fully saturated rings. The fourth-order valence-corrected chi connectivity index (χ4v) is 8.20. The van der Waals surface area contributed by atoms with Crippen molar-refractivity contribution in [1.29, 1.82) is 0 Å². The van der Waals surface area contributed by atoms with Gasteiger partial charge in [0.05, 0.1) is 12.7 Å². The van der Waals surface area contributed by atoms with Crippen molar-refractivity contribution in [2.24, 2.45) is 0 Å². The van der Waals surface area contributed by atoms with Gasteiger partial charge in [0.2, 0.25) is 0 Å². The Kier molecular flexibility index (Phi) is 7.39. The summed E-state index contributed by atoms with van der Waals surface area (Å²) >= 11 is 0. The van der Waals surface area contributed by atoms with Gasteiger partial charge in [0.1, 0.15) is 0 Å². The minimum atomic E-state index is -2.59. The molecular formula is C23H32O2Si. The Labute approximate surface area is 159 Å². The average Bonchev–Trinajstić information content (AvgIpc) is 2.65. The maximum Gasteiger partial charge on any atom is 0.261 e. The van der Waals surface area contributed by atoms with Gasteiger partial charge in [0.15, 0.2) is 0 Å². The second-order valence-corrected chi connectivity index (χ2v) is 12.0. The van der Waals surface area contributed by atoms with E-state index in [1.165, 1.54) is 10.4 Å². The van der Waals surface area contributed by atoms with E-state index in [4.69, 9.17) is 4.43 Å². The molecule has 0 heterocycles. The van der Waals surface area contributed by atoms with Crippen LogP contribution in [0.3, 0.4) is 0 Å². The molecule has 0 unspecified atom stereocenters. The molecular weight excluding hydrogens is 336 g/mol. The molecule has 2 aromatic rings. The summed E-state index contributed by atoms with van der Waals surface area (Å²) in [5, 5.41) is 12.4. The van der Waals surface area contributed by atoms with Crippen LogP contribution in [0.15, 0.2) is 72.8 Å². The normalized spacial score (nSPS) is 13.9. The van der Waals surface area contributed by atoms with Gasteiger partial charge < -0.3 is 9.53 Å². The lowest BCUT2D eigenvalue weighted by Gasteiger charge is -2.44. The summed E-state index contributed by atoms with van der Waals surface area (Å²) in [6.45, 7) is 8.92. The quantitative estimate of drug-likeness (QED) is 0.557. The fraction of sp³-hybridized carbons (Fsp3) is 0.391.